The Bertz CT molecular complexity index is 754. The number of rotatable bonds is 3. The number of aliphatic imine (C=N–C) groups is 1. The highest BCUT2D eigenvalue weighted by molar-refractivity contribution is 6.10. The van der Waals surface area contributed by atoms with Crippen LogP contribution >= 0.6 is 0 Å². The molecule has 0 aliphatic carbocycles. The van der Waals surface area contributed by atoms with E-state index in [1.807, 2.05) is 5.32 Å². The molecule has 1 fully saturated rings. The third-order valence-electron chi connectivity index (χ3n) is 3.27. The number of aromatic nitrogens is 3. The van der Waals surface area contributed by atoms with E-state index in [-0.39, 0.29) is 5.84 Å². The highest BCUT2D eigenvalue weighted by Gasteiger charge is 2.37. The Morgan fingerprint density at radius 2 is 2.00 bits per heavy atom. The Labute approximate surface area is 129 Å². The van der Waals surface area contributed by atoms with E-state index in [2.05, 4.69) is 25.7 Å². The Kier molecular flexibility index (Phi) is 3.73. The van der Waals surface area contributed by atoms with Gasteiger partial charge in [-0.2, -0.15) is 15.4 Å². The van der Waals surface area contributed by atoms with Crippen LogP contribution in [0.3, 0.4) is 0 Å². The third-order valence-corrected chi connectivity index (χ3v) is 3.27. The molecule has 2 atom stereocenters. The van der Waals surface area contributed by atoms with E-state index in [4.69, 9.17) is 5.73 Å². The van der Waals surface area contributed by atoms with E-state index in [0.29, 0.717) is 11.4 Å². The second kappa shape index (κ2) is 5.85. The molecule has 0 spiro atoms. The van der Waals surface area contributed by atoms with E-state index in [1.165, 1.54) is 0 Å². The van der Waals surface area contributed by atoms with Crippen LogP contribution in [0.2, 0.25) is 0 Å². The van der Waals surface area contributed by atoms with Crippen molar-refractivity contribution in [2.24, 2.45) is 16.6 Å². The van der Waals surface area contributed by atoms with E-state index >= 15 is 0 Å². The number of aliphatic hydroxyl groups excluding tert-OH is 1. The van der Waals surface area contributed by atoms with E-state index < -0.39 is 24.1 Å². The molecule has 1 saturated heterocycles. The first-order valence-electron chi connectivity index (χ1n) is 6.64. The summed E-state index contributed by atoms with van der Waals surface area (Å²) in [7, 11) is 0. The normalized spacial score (nSPS) is 21.7. The number of aliphatic hydroxyl groups is 1. The number of amidine groups is 1. The average Bonchev–Trinajstić information content (AvgIpc) is 3.01. The summed E-state index contributed by atoms with van der Waals surface area (Å²) in [5.41, 5.74) is 7.79. The molecule has 1 aromatic carbocycles. The fourth-order valence-electron chi connectivity index (χ4n) is 2.15. The standard InChI is InChI=1S/C13H13N7O3/c14-10(9-11(21)17-13(23)18-12(9)22)16-7-3-1-6(2-4-7)8-5-15-20-19-8/h1-5,9,11,21H,(H2,14,16)(H,15,19,20)(H2,17,18,22,23). The first kappa shape index (κ1) is 14.7. The van der Waals surface area contributed by atoms with Gasteiger partial charge in [0.05, 0.1) is 11.9 Å². The first-order chi connectivity index (χ1) is 11.0. The second-order valence-corrected chi connectivity index (χ2v) is 4.82. The summed E-state index contributed by atoms with van der Waals surface area (Å²) >= 11 is 0. The summed E-state index contributed by atoms with van der Waals surface area (Å²) in [5, 5.41) is 24.1. The summed E-state index contributed by atoms with van der Waals surface area (Å²) in [4.78, 5) is 26.9. The van der Waals surface area contributed by atoms with Gasteiger partial charge in [0.15, 0.2) is 0 Å². The van der Waals surface area contributed by atoms with E-state index in [0.717, 1.165) is 5.56 Å². The predicted octanol–water partition coefficient (Wildman–Crippen LogP) is -0.766. The number of hydrogen-bond donors (Lipinski definition) is 5. The highest BCUT2D eigenvalue weighted by atomic mass is 16.3. The number of urea groups is 1. The number of aromatic amines is 1. The Morgan fingerprint density at radius 1 is 1.26 bits per heavy atom. The van der Waals surface area contributed by atoms with E-state index in [9.17, 15) is 14.7 Å². The molecule has 3 rings (SSSR count). The molecule has 0 radical (unpaired) electrons. The Morgan fingerprint density at radius 3 is 2.61 bits per heavy atom. The predicted molar refractivity (Wildman–Crippen MR) is 79.3 cm³/mol. The average molecular weight is 315 g/mol. The lowest BCUT2D eigenvalue weighted by atomic mass is 10.0. The topological polar surface area (TPSA) is 158 Å². The van der Waals surface area contributed by atoms with Gasteiger partial charge in [0.2, 0.25) is 5.91 Å². The van der Waals surface area contributed by atoms with Gasteiger partial charge in [-0.1, -0.05) is 12.1 Å². The van der Waals surface area contributed by atoms with Gasteiger partial charge in [-0.05, 0) is 12.1 Å². The van der Waals surface area contributed by atoms with Crippen LogP contribution < -0.4 is 16.4 Å². The number of nitrogens with one attached hydrogen (secondary N) is 3. The molecule has 1 aliphatic rings. The summed E-state index contributed by atoms with van der Waals surface area (Å²) in [6, 6.07) is 6.13. The lowest BCUT2D eigenvalue weighted by Gasteiger charge is -2.26. The lowest BCUT2D eigenvalue weighted by molar-refractivity contribution is -0.126. The fourth-order valence-corrected chi connectivity index (χ4v) is 2.15. The molecule has 118 valence electrons. The van der Waals surface area contributed by atoms with Gasteiger partial charge in [-0.25, -0.2) is 9.79 Å². The SMILES string of the molecule is NC(=Nc1ccc(-c2cn[nH]n2)cc1)C1C(=O)NC(=O)NC1O. The van der Waals surface area contributed by atoms with Crippen LogP contribution in [-0.4, -0.2) is 44.5 Å². The molecule has 6 N–H and O–H groups in total. The maximum absolute atomic E-state index is 11.7. The molecule has 1 aliphatic heterocycles. The van der Waals surface area contributed by atoms with Crippen LogP contribution in [0.15, 0.2) is 35.5 Å². The Hall–Kier alpha value is -3.27. The highest BCUT2D eigenvalue weighted by Crippen LogP contribution is 2.21. The summed E-state index contributed by atoms with van der Waals surface area (Å²) in [6.45, 7) is 0. The zero-order valence-electron chi connectivity index (χ0n) is 11.7. The molecular weight excluding hydrogens is 302 g/mol. The third kappa shape index (κ3) is 3.01. The number of hydrogen-bond acceptors (Lipinski definition) is 6. The van der Waals surface area contributed by atoms with Crippen molar-refractivity contribution >= 4 is 23.5 Å². The van der Waals surface area contributed by atoms with Crippen molar-refractivity contribution in [2.45, 2.75) is 6.23 Å². The fraction of sp³-hybridized carbons (Fsp3) is 0.154. The number of nitrogens with two attached hydrogens (primary N) is 1. The zero-order chi connectivity index (χ0) is 16.4. The van der Waals surface area contributed by atoms with Crippen molar-refractivity contribution in [3.8, 4) is 11.3 Å². The number of benzene rings is 1. The van der Waals surface area contributed by atoms with Crippen LogP contribution in [-0.2, 0) is 4.79 Å². The minimum Gasteiger partial charge on any atom is -0.386 e. The summed E-state index contributed by atoms with van der Waals surface area (Å²) in [5.74, 6) is -1.96. The Balaban J connectivity index is 1.80. The molecule has 2 aromatic rings. The molecule has 3 amide bonds. The number of amides is 3. The molecule has 23 heavy (non-hydrogen) atoms. The van der Waals surface area contributed by atoms with Gasteiger partial charge in [0.1, 0.15) is 23.7 Å². The largest absolute Gasteiger partial charge is 0.386 e. The number of imide groups is 1. The molecule has 0 saturated carbocycles. The van der Waals surface area contributed by atoms with Crippen molar-refractivity contribution in [1.29, 1.82) is 0 Å². The smallest absolute Gasteiger partial charge is 0.323 e. The molecule has 2 heterocycles. The van der Waals surface area contributed by atoms with Gasteiger partial charge >= 0.3 is 6.03 Å². The van der Waals surface area contributed by atoms with Crippen LogP contribution in [0.25, 0.3) is 11.3 Å². The quantitative estimate of drug-likeness (QED) is 0.369. The van der Waals surface area contributed by atoms with Gasteiger partial charge in [0, 0.05) is 5.56 Å². The summed E-state index contributed by atoms with van der Waals surface area (Å²) in [6.07, 6.45) is 0.160. The van der Waals surface area contributed by atoms with Crippen molar-refractivity contribution in [2.75, 3.05) is 0 Å². The number of H-pyrrole nitrogens is 1. The van der Waals surface area contributed by atoms with Crippen molar-refractivity contribution in [1.82, 2.24) is 26.0 Å². The van der Waals surface area contributed by atoms with Crippen molar-refractivity contribution in [3.63, 3.8) is 0 Å². The van der Waals surface area contributed by atoms with Crippen LogP contribution in [0.4, 0.5) is 10.5 Å². The molecule has 0 bridgehead atoms. The number of nitrogens with zero attached hydrogens (tertiary/aromatic N) is 3. The van der Waals surface area contributed by atoms with Crippen LogP contribution in [0.1, 0.15) is 0 Å². The van der Waals surface area contributed by atoms with Crippen LogP contribution in [0.5, 0.6) is 0 Å². The van der Waals surface area contributed by atoms with Gasteiger partial charge in [-0.15, -0.1) is 0 Å². The minimum atomic E-state index is -1.42. The lowest BCUT2D eigenvalue weighted by Crippen LogP contribution is -2.61. The second-order valence-electron chi connectivity index (χ2n) is 4.82. The molecule has 10 nitrogen and oxygen atoms in total. The van der Waals surface area contributed by atoms with E-state index in [1.54, 1.807) is 30.5 Å². The maximum Gasteiger partial charge on any atom is 0.323 e. The monoisotopic (exact) mass is 315 g/mol. The molecular formula is C13H13N7O3. The molecule has 2 unspecified atom stereocenters. The number of carbonyl (C=O) groups excluding carboxylic acids is 2. The number of carbonyl (C=O) groups is 2. The van der Waals surface area contributed by atoms with Gasteiger partial charge in [-0.3, -0.25) is 10.1 Å². The van der Waals surface area contributed by atoms with Gasteiger partial charge in [0.25, 0.3) is 0 Å². The molecule has 10 heteroatoms. The zero-order valence-corrected chi connectivity index (χ0v) is 11.7. The molecule has 1 aromatic heterocycles. The first-order valence-corrected chi connectivity index (χ1v) is 6.64. The maximum atomic E-state index is 11.7. The summed E-state index contributed by atoms with van der Waals surface area (Å²) < 4.78 is 0. The van der Waals surface area contributed by atoms with Crippen molar-refractivity contribution in [3.05, 3.63) is 30.5 Å². The minimum absolute atomic E-state index is 0.107. The van der Waals surface area contributed by atoms with Crippen molar-refractivity contribution < 1.29 is 14.7 Å². The van der Waals surface area contributed by atoms with Gasteiger partial charge < -0.3 is 16.2 Å². The van der Waals surface area contributed by atoms with Crippen LogP contribution in [0, 0.1) is 5.92 Å².